The summed E-state index contributed by atoms with van der Waals surface area (Å²) in [6.45, 7) is 0.964. The molecule has 0 aliphatic rings. The number of nitrogens with two attached hydrogens (primary N) is 1. The van der Waals surface area contributed by atoms with Gasteiger partial charge in [0.25, 0.3) is 0 Å². The Morgan fingerprint density at radius 1 is 1.25 bits per heavy atom. The number of ether oxygens (including phenoxy) is 2. The van der Waals surface area contributed by atoms with Crippen molar-refractivity contribution in [1.82, 2.24) is 4.98 Å². The SMILES string of the molecule is COc1cccc(CCN)c1OCc1ccc(Br)cn1. The van der Waals surface area contributed by atoms with E-state index in [4.69, 9.17) is 15.2 Å². The van der Waals surface area contributed by atoms with Gasteiger partial charge in [0.2, 0.25) is 0 Å². The van der Waals surface area contributed by atoms with Gasteiger partial charge in [-0.05, 0) is 52.7 Å². The van der Waals surface area contributed by atoms with Gasteiger partial charge in [-0.25, -0.2) is 0 Å². The number of pyridine rings is 1. The van der Waals surface area contributed by atoms with Gasteiger partial charge in [0.1, 0.15) is 6.61 Å². The fraction of sp³-hybridized carbons (Fsp3) is 0.267. The van der Waals surface area contributed by atoms with E-state index >= 15 is 0 Å². The molecule has 0 atom stereocenters. The number of hydrogen-bond donors (Lipinski definition) is 1. The molecule has 0 spiro atoms. The van der Waals surface area contributed by atoms with Crippen molar-refractivity contribution in [2.24, 2.45) is 5.73 Å². The third-order valence-electron chi connectivity index (χ3n) is 2.85. The summed E-state index contributed by atoms with van der Waals surface area (Å²) >= 11 is 3.36. The number of rotatable bonds is 6. The summed E-state index contributed by atoms with van der Waals surface area (Å²) in [6.07, 6.45) is 2.50. The summed E-state index contributed by atoms with van der Waals surface area (Å²) < 4.78 is 12.2. The molecule has 0 saturated heterocycles. The van der Waals surface area contributed by atoms with Crippen LogP contribution in [0.25, 0.3) is 0 Å². The fourth-order valence-corrected chi connectivity index (χ4v) is 2.11. The van der Waals surface area contributed by atoms with Crippen molar-refractivity contribution in [2.75, 3.05) is 13.7 Å². The Morgan fingerprint density at radius 2 is 2.10 bits per heavy atom. The van der Waals surface area contributed by atoms with E-state index in [1.807, 2.05) is 30.3 Å². The van der Waals surface area contributed by atoms with Crippen LogP contribution in [0.3, 0.4) is 0 Å². The average Bonchev–Trinajstić information content (AvgIpc) is 2.47. The summed E-state index contributed by atoms with van der Waals surface area (Å²) in [4.78, 5) is 4.29. The normalized spacial score (nSPS) is 10.3. The summed E-state index contributed by atoms with van der Waals surface area (Å²) in [5.41, 5.74) is 7.54. The molecule has 5 heteroatoms. The second-order valence-corrected chi connectivity index (χ2v) is 5.16. The Morgan fingerprint density at radius 3 is 2.75 bits per heavy atom. The van der Waals surface area contributed by atoms with E-state index in [0.29, 0.717) is 18.9 Å². The largest absolute Gasteiger partial charge is 0.493 e. The van der Waals surface area contributed by atoms with Gasteiger partial charge in [0.15, 0.2) is 11.5 Å². The molecular weight excluding hydrogens is 320 g/mol. The monoisotopic (exact) mass is 336 g/mol. The Bertz CT molecular complexity index is 558. The van der Waals surface area contributed by atoms with Crippen LogP contribution >= 0.6 is 15.9 Å². The van der Waals surface area contributed by atoms with Gasteiger partial charge in [0.05, 0.1) is 12.8 Å². The zero-order chi connectivity index (χ0) is 14.4. The molecule has 0 bridgehead atoms. The Labute approximate surface area is 127 Å². The van der Waals surface area contributed by atoms with Crippen molar-refractivity contribution < 1.29 is 9.47 Å². The van der Waals surface area contributed by atoms with Crippen molar-refractivity contribution in [2.45, 2.75) is 13.0 Å². The zero-order valence-electron chi connectivity index (χ0n) is 11.3. The molecule has 2 rings (SSSR count). The highest BCUT2D eigenvalue weighted by molar-refractivity contribution is 9.10. The van der Waals surface area contributed by atoms with E-state index in [9.17, 15) is 0 Å². The van der Waals surface area contributed by atoms with Crippen molar-refractivity contribution in [1.29, 1.82) is 0 Å². The molecule has 4 nitrogen and oxygen atoms in total. The zero-order valence-corrected chi connectivity index (χ0v) is 12.9. The molecule has 20 heavy (non-hydrogen) atoms. The minimum Gasteiger partial charge on any atom is -0.493 e. The molecule has 0 radical (unpaired) electrons. The van der Waals surface area contributed by atoms with Crippen molar-refractivity contribution in [3.8, 4) is 11.5 Å². The quantitative estimate of drug-likeness (QED) is 0.881. The molecule has 1 aromatic heterocycles. The third-order valence-corrected chi connectivity index (χ3v) is 3.32. The molecule has 2 aromatic rings. The van der Waals surface area contributed by atoms with Gasteiger partial charge >= 0.3 is 0 Å². The molecule has 0 saturated carbocycles. The number of halogens is 1. The predicted octanol–water partition coefficient (Wildman–Crippen LogP) is 2.93. The molecule has 106 valence electrons. The maximum Gasteiger partial charge on any atom is 0.164 e. The van der Waals surface area contributed by atoms with Crippen molar-refractivity contribution in [3.63, 3.8) is 0 Å². The van der Waals surface area contributed by atoms with E-state index in [1.54, 1.807) is 13.3 Å². The molecule has 0 fully saturated rings. The number of aromatic nitrogens is 1. The minimum atomic E-state index is 0.394. The van der Waals surface area contributed by atoms with Gasteiger partial charge in [0, 0.05) is 10.7 Å². The molecular formula is C15H17BrN2O2. The summed E-state index contributed by atoms with van der Waals surface area (Å²) in [5, 5.41) is 0. The predicted molar refractivity (Wildman–Crippen MR) is 82.0 cm³/mol. The Kier molecular flexibility index (Phi) is 5.38. The maximum atomic E-state index is 5.88. The lowest BCUT2D eigenvalue weighted by Crippen LogP contribution is -2.07. The highest BCUT2D eigenvalue weighted by atomic mass is 79.9. The van der Waals surface area contributed by atoms with Crippen molar-refractivity contribution in [3.05, 3.63) is 52.3 Å². The number of para-hydroxylation sites is 1. The first kappa shape index (κ1) is 14.8. The fourth-order valence-electron chi connectivity index (χ4n) is 1.88. The molecule has 1 aromatic carbocycles. The van der Waals surface area contributed by atoms with Crippen LogP contribution in [0.1, 0.15) is 11.3 Å². The first-order chi connectivity index (χ1) is 9.74. The van der Waals surface area contributed by atoms with Gasteiger partial charge in [-0.15, -0.1) is 0 Å². The van der Waals surface area contributed by atoms with Gasteiger partial charge < -0.3 is 15.2 Å². The van der Waals surface area contributed by atoms with Crippen LogP contribution in [-0.4, -0.2) is 18.6 Å². The first-order valence-electron chi connectivity index (χ1n) is 6.33. The van der Waals surface area contributed by atoms with Crippen LogP contribution in [0, 0.1) is 0 Å². The average molecular weight is 337 g/mol. The number of methoxy groups -OCH3 is 1. The highest BCUT2D eigenvalue weighted by Crippen LogP contribution is 2.31. The van der Waals surface area contributed by atoms with E-state index in [2.05, 4.69) is 20.9 Å². The Hall–Kier alpha value is -1.59. The third kappa shape index (κ3) is 3.71. The molecule has 2 N–H and O–H groups in total. The minimum absolute atomic E-state index is 0.394. The standard InChI is InChI=1S/C15H17BrN2O2/c1-19-14-4-2-3-11(7-8-17)15(14)20-10-13-6-5-12(16)9-18-13/h2-6,9H,7-8,10,17H2,1H3. The number of benzene rings is 1. The second-order valence-electron chi connectivity index (χ2n) is 4.24. The second kappa shape index (κ2) is 7.26. The van der Waals surface area contributed by atoms with Crippen LogP contribution in [0.15, 0.2) is 41.0 Å². The van der Waals surface area contributed by atoms with Crippen LogP contribution < -0.4 is 15.2 Å². The lowest BCUT2D eigenvalue weighted by atomic mass is 10.1. The number of nitrogens with zero attached hydrogens (tertiary/aromatic N) is 1. The van der Waals surface area contributed by atoms with Crippen molar-refractivity contribution >= 4 is 15.9 Å². The maximum absolute atomic E-state index is 5.88. The molecule has 0 amide bonds. The summed E-state index contributed by atoms with van der Waals surface area (Å²) in [7, 11) is 1.63. The summed E-state index contributed by atoms with van der Waals surface area (Å²) in [6, 6.07) is 9.68. The molecule has 0 aliphatic carbocycles. The number of hydrogen-bond acceptors (Lipinski definition) is 4. The first-order valence-corrected chi connectivity index (χ1v) is 7.13. The van der Waals surface area contributed by atoms with E-state index in [-0.39, 0.29) is 0 Å². The Balaban J connectivity index is 2.16. The van der Waals surface area contributed by atoms with Crippen LogP contribution in [-0.2, 0) is 13.0 Å². The molecule has 1 heterocycles. The van der Waals surface area contributed by atoms with E-state index < -0.39 is 0 Å². The smallest absolute Gasteiger partial charge is 0.164 e. The van der Waals surface area contributed by atoms with Gasteiger partial charge in [-0.2, -0.15) is 0 Å². The topological polar surface area (TPSA) is 57.4 Å². The van der Waals surface area contributed by atoms with E-state index in [0.717, 1.165) is 27.9 Å². The molecule has 0 aliphatic heterocycles. The van der Waals surface area contributed by atoms with E-state index in [1.165, 1.54) is 0 Å². The summed E-state index contributed by atoms with van der Waals surface area (Å²) in [5.74, 6) is 1.46. The van der Waals surface area contributed by atoms with Gasteiger partial charge in [-0.1, -0.05) is 12.1 Å². The molecule has 0 unspecified atom stereocenters. The van der Waals surface area contributed by atoms with Crippen LogP contribution in [0.5, 0.6) is 11.5 Å². The van der Waals surface area contributed by atoms with Gasteiger partial charge in [-0.3, -0.25) is 4.98 Å². The lowest BCUT2D eigenvalue weighted by molar-refractivity contribution is 0.277. The lowest BCUT2D eigenvalue weighted by Gasteiger charge is -2.14. The van der Waals surface area contributed by atoms with Crippen LogP contribution in [0.2, 0.25) is 0 Å². The highest BCUT2D eigenvalue weighted by Gasteiger charge is 2.10. The van der Waals surface area contributed by atoms with Crippen LogP contribution in [0.4, 0.5) is 0 Å².